The molecule has 3 N–H and O–H groups in total. The van der Waals surface area contributed by atoms with E-state index in [2.05, 4.69) is 9.71 Å². The van der Waals surface area contributed by atoms with Crippen LogP contribution >= 0.6 is 0 Å². The van der Waals surface area contributed by atoms with Crippen LogP contribution < -0.4 is 10.5 Å². The lowest BCUT2D eigenvalue weighted by Gasteiger charge is -2.12. The lowest BCUT2D eigenvalue weighted by atomic mass is 10.1. The molecule has 1 aromatic carbocycles. The van der Waals surface area contributed by atoms with Gasteiger partial charge in [-0.3, -0.25) is 4.98 Å². The van der Waals surface area contributed by atoms with Gasteiger partial charge in [0.25, 0.3) is 0 Å². The largest absolute Gasteiger partial charge is 0.398 e. The third-order valence-corrected chi connectivity index (χ3v) is 4.96. The van der Waals surface area contributed by atoms with Crippen LogP contribution in [0.1, 0.15) is 22.3 Å². The molecule has 0 atom stereocenters. The van der Waals surface area contributed by atoms with Gasteiger partial charge >= 0.3 is 0 Å². The van der Waals surface area contributed by atoms with Gasteiger partial charge in [-0.15, -0.1) is 0 Å². The molecule has 21 heavy (non-hydrogen) atoms. The van der Waals surface area contributed by atoms with Crippen LogP contribution in [0.5, 0.6) is 0 Å². The summed E-state index contributed by atoms with van der Waals surface area (Å²) in [5.74, 6) is 0. The van der Waals surface area contributed by atoms with Gasteiger partial charge in [-0.25, -0.2) is 13.1 Å². The van der Waals surface area contributed by atoms with Gasteiger partial charge < -0.3 is 5.73 Å². The summed E-state index contributed by atoms with van der Waals surface area (Å²) in [6, 6.07) is 5.08. The first-order chi connectivity index (χ1) is 9.81. The van der Waals surface area contributed by atoms with Crippen LogP contribution in [-0.2, 0) is 16.6 Å². The zero-order valence-electron chi connectivity index (χ0n) is 12.3. The molecule has 1 aromatic heterocycles. The van der Waals surface area contributed by atoms with E-state index in [1.54, 1.807) is 30.6 Å². The second-order valence-corrected chi connectivity index (χ2v) is 6.84. The Morgan fingerprint density at radius 1 is 1.14 bits per heavy atom. The van der Waals surface area contributed by atoms with E-state index in [1.807, 2.05) is 20.8 Å². The first-order valence-corrected chi connectivity index (χ1v) is 8.05. The van der Waals surface area contributed by atoms with E-state index >= 15 is 0 Å². The molecule has 0 aliphatic rings. The molecule has 0 amide bonds. The van der Waals surface area contributed by atoms with Crippen molar-refractivity contribution in [2.24, 2.45) is 0 Å². The van der Waals surface area contributed by atoms with Crippen LogP contribution in [0.3, 0.4) is 0 Å². The van der Waals surface area contributed by atoms with Crippen molar-refractivity contribution in [3.63, 3.8) is 0 Å². The molecule has 0 fully saturated rings. The van der Waals surface area contributed by atoms with Crippen molar-refractivity contribution in [2.75, 3.05) is 5.73 Å². The summed E-state index contributed by atoms with van der Waals surface area (Å²) in [6.45, 7) is 5.86. The minimum Gasteiger partial charge on any atom is -0.398 e. The normalized spacial score (nSPS) is 11.6. The van der Waals surface area contributed by atoms with Gasteiger partial charge in [0.15, 0.2) is 0 Å². The zero-order chi connectivity index (χ0) is 15.6. The summed E-state index contributed by atoms with van der Waals surface area (Å²) in [7, 11) is -3.64. The number of benzene rings is 1. The number of anilines is 1. The van der Waals surface area contributed by atoms with Crippen molar-refractivity contribution in [1.29, 1.82) is 0 Å². The van der Waals surface area contributed by atoms with Gasteiger partial charge in [0.05, 0.1) is 5.69 Å². The molecule has 0 saturated heterocycles. The highest BCUT2D eigenvalue weighted by Gasteiger charge is 2.18. The molecule has 2 aromatic rings. The smallest absolute Gasteiger partial charge is 0.242 e. The fourth-order valence-electron chi connectivity index (χ4n) is 2.00. The van der Waals surface area contributed by atoms with E-state index < -0.39 is 10.0 Å². The van der Waals surface area contributed by atoms with E-state index in [4.69, 9.17) is 5.73 Å². The number of nitrogens with one attached hydrogen (secondary N) is 1. The average molecular weight is 305 g/mol. The zero-order valence-corrected chi connectivity index (χ0v) is 13.2. The van der Waals surface area contributed by atoms with Crippen molar-refractivity contribution in [2.45, 2.75) is 32.2 Å². The van der Waals surface area contributed by atoms with Gasteiger partial charge in [0, 0.05) is 18.9 Å². The predicted octanol–water partition coefficient (Wildman–Crippen LogP) is 2.07. The summed E-state index contributed by atoms with van der Waals surface area (Å²) >= 11 is 0. The molecular formula is C15H19N3O2S. The van der Waals surface area contributed by atoms with Crippen LogP contribution in [0.2, 0.25) is 0 Å². The van der Waals surface area contributed by atoms with Gasteiger partial charge in [-0.2, -0.15) is 0 Å². The second kappa shape index (κ2) is 5.83. The minimum absolute atomic E-state index is 0.123. The quantitative estimate of drug-likeness (QED) is 0.847. The Morgan fingerprint density at radius 3 is 2.48 bits per heavy atom. The number of hydrogen-bond donors (Lipinski definition) is 2. The molecule has 5 nitrogen and oxygen atoms in total. The number of nitrogens with two attached hydrogens (primary N) is 1. The summed E-state index contributed by atoms with van der Waals surface area (Å²) in [5, 5.41) is 0. The minimum atomic E-state index is -3.64. The molecule has 0 aliphatic heterocycles. The van der Waals surface area contributed by atoms with Crippen LogP contribution in [0.4, 0.5) is 5.69 Å². The molecule has 0 unspecified atom stereocenters. The van der Waals surface area contributed by atoms with E-state index in [1.165, 1.54) is 0 Å². The average Bonchev–Trinajstić information content (AvgIpc) is 2.42. The number of nitrogen functional groups attached to an aromatic ring is 1. The number of nitrogens with zero attached hydrogens (tertiary/aromatic N) is 1. The number of aryl methyl sites for hydroxylation is 3. The molecule has 0 radical (unpaired) electrons. The highest BCUT2D eigenvalue weighted by molar-refractivity contribution is 7.89. The van der Waals surface area contributed by atoms with E-state index in [0.29, 0.717) is 0 Å². The van der Waals surface area contributed by atoms with Crippen LogP contribution in [0.15, 0.2) is 35.5 Å². The number of pyridine rings is 1. The van der Waals surface area contributed by atoms with Crippen LogP contribution in [0.25, 0.3) is 0 Å². The molecule has 0 spiro atoms. The predicted molar refractivity (Wildman–Crippen MR) is 83.3 cm³/mol. The fourth-order valence-corrected chi connectivity index (χ4v) is 3.20. The highest BCUT2D eigenvalue weighted by atomic mass is 32.2. The Hall–Kier alpha value is -1.92. The molecule has 0 saturated carbocycles. The Balaban J connectivity index is 2.27. The number of sulfonamides is 1. The molecule has 6 heteroatoms. The highest BCUT2D eigenvalue weighted by Crippen LogP contribution is 2.22. The Labute approximate surface area is 125 Å². The molecule has 112 valence electrons. The summed E-state index contributed by atoms with van der Waals surface area (Å²) in [5.41, 5.74) is 9.79. The number of aromatic nitrogens is 1. The van der Waals surface area contributed by atoms with E-state index in [0.717, 1.165) is 22.3 Å². The molecule has 2 rings (SSSR count). The van der Waals surface area contributed by atoms with E-state index in [-0.39, 0.29) is 17.1 Å². The lowest BCUT2D eigenvalue weighted by molar-refractivity contribution is 0.581. The maximum Gasteiger partial charge on any atom is 0.242 e. The number of hydrogen-bond acceptors (Lipinski definition) is 4. The molecule has 0 bridgehead atoms. The first-order valence-electron chi connectivity index (χ1n) is 6.57. The van der Waals surface area contributed by atoms with E-state index in [9.17, 15) is 8.42 Å². The van der Waals surface area contributed by atoms with Gasteiger partial charge in [0.1, 0.15) is 4.90 Å². The maximum absolute atomic E-state index is 12.4. The van der Waals surface area contributed by atoms with Gasteiger partial charge in [0.2, 0.25) is 10.0 Å². The summed E-state index contributed by atoms with van der Waals surface area (Å²) < 4.78 is 27.4. The Bertz CT molecular complexity index is 770. The summed E-state index contributed by atoms with van der Waals surface area (Å²) in [4.78, 5) is 4.11. The molecule has 1 heterocycles. The fraction of sp³-hybridized carbons (Fsp3) is 0.267. The second-order valence-electron chi connectivity index (χ2n) is 5.10. The maximum atomic E-state index is 12.4. The SMILES string of the molecule is Cc1cc(N)c(S(=O)(=O)NCc2ccncc2C)cc1C. The Kier molecular flexibility index (Phi) is 4.29. The van der Waals surface area contributed by atoms with Crippen LogP contribution in [0, 0.1) is 20.8 Å². The van der Waals surface area contributed by atoms with Crippen molar-refractivity contribution in [3.8, 4) is 0 Å². The van der Waals surface area contributed by atoms with Crippen molar-refractivity contribution in [3.05, 3.63) is 52.8 Å². The third-order valence-electron chi connectivity index (χ3n) is 3.50. The number of rotatable bonds is 4. The van der Waals surface area contributed by atoms with Crippen molar-refractivity contribution >= 4 is 15.7 Å². The molecular weight excluding hydrogens is 286 g/mol. The first kappa shape index (κ1) is 15.5. The summed E-state index contributed by atoms with van der Waals surface area (Å²) in [6.07, 6.45) is 3.34. The Morgan fingerprint density at radius 2 is 1.81 bits per heavy atom. The third kappa shape index (κ3) is 3.40. The van der Waals surface area contributed by atoms with Crippen molar-refractivity contribution < 1.29 is 8.42 Å². The standard InChI is InChI=1S/C15H19N3O2S/c1-10-6-14(16)15(7-11(10)2)21(19,20)18-9-13-4-5-17-8-12(13)3/h4-8,18H,9,16H2,1-3H3. The van der Waals surface area contributed by atoms with Crippen LogP contribution in [-0.4, -0.2) is 13.4 Å². The lowest BCUT2D eigenvalue weighted by Crippen LogP contribution is -2.24. The topological polar surface area (TPSA) is 85.1 Å². The van der Waals surface area contributed by atoms with Gasteiger partial charge in [-0.05, 0) is 61.2 Å². The molecule has 0 aliphatic carbocycles. The van der Waals surface area contributed by atoms with Crippen molar-refractivity contribution in [1.82, 2.24) is 9.71 Å². The van der Waals surface area contributed by atoms with Gasteiger partial charge in [-0.1, -0.05) is 0 Å². The monoisotopic (exact) mass is 305 g/mol.